The van der Waals surface area contributed by atoms with Crippen molar-refractivity contribution in [2.24, 2.45) is 0 Å². The van der Waals surface area contributed by atoms with Gasteiger partial charge in [0.1, 0.15) is 0 Å². The Bertz CT molecular complexity index is 413. The van der Waals surface area contributed by atoms with Crippen LogP contribution < -0.4 is 5.73 Å². The van der Waals surface area contributed by atoms with Crippen LogP contribution in [0.4, 0.5) is 10.5 Å². The Balaban J connectivity index is 2.02. The van der Waals surface area contributed by atoms with Crippen LogP contribution in [0, 0.1) is 0 Å². The number of carbonyl (C=O) groups excluding carboxylic acids is 1. The second-order valence-electron chi connectivity index (χ2n) is 4.74. The average molecular weight is 247 g/mol. The molecule has 1 heterocycles. The molecule has 4 heteroatoms. The van der Waals surface area contributed by atoms with Crippen LogP contribution in [0.1, 0.15) is 25.3 Å². The first kappa shape index (κ1) is 12.7. The molecule has 1 aliphatic rings. The van der Waals surface area contributed by atoms with Crippen molar-refractivity contribution >= 4 is 11.7 Å². The van der Waals surface area contributed by atoms with Crippen LogP contribution in [0.15, 0.2) is 24.3 Å². The Morgan fingerprint density at radius 3 is 2.72 bits per heavy atom. The highest BCUT2D eigenvalue weighted by atomic mass is 16.2. The third-order valence-corrected chi connectivity index (χ3v) is 3.35. The molecule has 2 rings (SSSR count). The van der Waals surface area contributed by atoms with Crippen molar-refractivity contribution < 1.29 is 4.79 Å². The summed E-state index contributed by atoms with van der Waals surface area (Å²) in [4.78, 5) is 16.1. The lowest BCUT2D eigenvalue weighted by molar-refractivity contribution is 0.162. The van der Waals surface area contributed by atoms with Gasteiger partial charge in [-0.05, 0) is 37.5 Å². The zero-order chi connectivity index (χ0) is 13.0. The summed E-state index contributed by atoms with van der Waals surface area (Å²) < 4.78 is 0. The van der Waals surface area contributed by atoms with Crippen molar-refractivity contribution in [3.8, 4) is 0 Å². The lowest BCUT2D eigenvalue weighted by Gasteiger charge is -2.27. The Morgan fingerprint density at radius 2 is 2.11 bits per heavy atom. The molecule has 0 aliphatic carbocycles. The van der Waals surface area contributed by atoms with E-state index >= 15 is 0 Å². The molecule has 18 heavy (non-hydrogen) atoms. The number of carbonyl (C=O) groups is 1. The number of hydrogen-bond acceptors (Lipinski definition) is 2. The molecule has 0 atom stereocenters. The van der Waals surface area contributed by atoms with Crippen LogP contribution in [0.5, 0.6) is 0 Å². The van der Waals surface area contributed by atoms with Crippen molar-refractivity contribution in [3.63, 3.8) is 0 Å². The average Bonchev–Trinajstić information content (AvgIpc) is 2.89. The van der Waals surface area contributed by atoms with Crippen molar-refractivity contribution in [1.29, 1.82) is 0 Å². The van der Waals surface area contributed by atoms with E-state index in [-0.39, 0.29) is 6.03 Å². The molecule has 1 aromatic carbocycles. The number of anilines is 1. The molecule has 4 nitrogen and oxygen atoms in total. The molecule has 1 saturated heterocycles. The Labute approximate surface area is 108 Å². The van der Waals surface area contributed by atoms with Crippen molar-refractivity contribution in [3.05, 3.63) is 29.8 Å². The zero-order valence-corrected chi connectivity index (χ0v) is 10.9. The summed E-state index contributed by atoms with van der Waals surface area (Å²) in [5.74, 6) is 0. The molecule has 0 bridgehead atoms. The zero-order valence-electron chi connectivity index (χ0n) is 10.9. The summed E-state index contributed by atoms with van der Waals surface area (Å²) in [6.07, 6.45) is 2.25. The van der Waals surface area contributed by atoms with E-state index in [1.807, 2.05) is 41.0 Å². The first-order chi connectivity index (χ1) is 8.70. The number of likely N-dealkylation sites (tertiary alicyclic amines) is 1. The highest BCUT2D eigenvalue weighted by Gasteiger charge is 2.22. The van der Waals surface area contributed by atoms with E-state index in [9.17, 15) is 4.79 Å². The molecule has 1 aromatic rings. The smallest absolute Gasteiger partial charge is 0.320 e. The summed E-state index contributed by atoms with van der Waals surface area (Å²) in [7, 11) is 0. The van der Waals surface area contributed by atoms with Gasteiger partial charge >= 0.3 is 6.03 Å². The number of benzene rings is 1. The van der Waals surface area contributed by atoms with Gasteiger partial charge in [0.05, 0.1) is 0 Å². The van der Waals surface area contributed by atoms with E-state index in [1.54, 1.807) is 0 Å². The van der Waals surface area contributed by atoms with Crippen LogP contribution in [-0.2, 0) is 6.54 Å². The number of rotatable bonds is 3. The van der Waals surface area contributed by atoms with E-state index in [0.29, 0.717) is 6.54 Å². The number of hydrogen-bond donors (Lipinski definition) is 1. The van der Waals surface area contributed by atoms with Gasteiger partial charge in [0.25, 0.3) is 0 Å². The first-order valence-corrected chi connectivity index (χ1v) is 6.59. The molecule has 0 aromatic heterocycles. The van der Waals surface area contributed by atoms with Gasteiger partial charge in [0.15, 0.2) is 0 Å². The van der Waals surface area contributed by atoms with Gasteiger partial charge in [-0.2, -0.15) is 0 Å². The van der Waals surface area contributed by atoms with Crippen LogP contribution in [0.3, 0.4) is 0 Å². The van der Waals surface area contributed by atoms with Gasteiger partial charge in [-0.1, -0.05) is 12.1 Å². The summed E-state index contributed by atoms with van der Waals surface area (Å²) in [6, 6.07) is 7.88. The minimum absolute atomic E-state index is 0.150. The maximum atomic E-state index is 12.3. The summed E-state index contributed by atoms with van der Waals surface area (Å²) in [6.45, 7) is 5.17. The number of nitrogens with two attached hydrogens (primary N) is 1. The molecular formula is C14H21N3O. The maximum Gasteiger partial charge on any atom is 0.320 e. The van der Waals surface area contributed by atoms with E-state index in [1.165, 1.54) is 0 Å². The maximum absolute atomic E-state index is 12.3. The van der Waals surface area contributed by atoms with Gasteiger partial charge in [-0.3, -0.25) is 0 Å². The van der Waals surface area contributed by atoms with Gasteiger partial charge in [0, 0.05) is 31.9 Å². The Kier molecular flexibility index (Phi) is 4.07. The number of urea groups is 1. The largest absolute Gasteiger partial charge is 0.399 e. The van der Waals surface area contributed by atoms with E-state index < -0.39 is 0 Å². The molecule has 0 radical (unpaired) electrons. The van der Waals surface area contributed by atoms with E-state index in [0.717, 1.165) is 43.7 Å². The highest BCUT2D eigenvalue weighted by Crippen LogP contribution is 2.14. The van der Waals surface area contributed by atoms with E-state index in [2.05, 4.69) is 0 Å². The second kappa shape index (κ2) is 5.76. The fourth-order valence-electron chi connectivity index (χ4n) is 2.33. The summed E-state index contributed by atoms with van der Waals surface area (Å²) >= 11 is 0. The molecule has 0 unspecified atom stereocenters. The Morgan fingerprint density at radius 1 is 1.39 bits per heavy atom. The molecule has 2 amide bonds. The molecular weight excluding hydrogens is 226 g/mol. The fraction of sp³-hybridized carbons (Fsp3) is 0.500. The molecule has 0 saturated carbocycles. The summed E-state index contributed by atoms with van der Waals surface area (Å²) in [5, 5.41) is 0. The standard InChI is InChI=1S/C14H21N3O/c1-2-16(14(18)17-8-3-4-9-17)11-12-6-5-7-13(15)10-12/h5-7,10H,2-4,8-9,11,15H2,1H3. The third-order valence-electron chi connectivity index (χ3n) is 3.35. The van der Waals surface area contributed by atoms with Crippen molar-refractivity contribution in [2.45, 2.75) is 26.3 Å². The fourth-order valence-corrected chi connectivity index (χ4v) is 2.33. The molecule has 1 aliphatic heterocycles. The predicted molar refractivity (Wildman–Crippen MR) is 73.1 cm³/mol. The SMILES string of the molecule is CCN(Cc1cccc(N)c1)C(=O)N1CCCC1. The Hall–Kier alpha value is -1.71. The minimum atomic E-state index is 0.150. The number of nitrogens with zero attached hydrogens (tertiary/aromatic N) is 2. The quantitative estimate of drug-likeness (QED) is 0.833. The topological polar surface area (TPSA) is 49.6 Å². The molecule has 98 valence electrons. The highest BCUT2D eigenvalue weighted by molar-refractivity contribution is 5.74. The van der Waals surface area contributed by atoms with Crippen molar-refractivity contribution in [2.75, 3.05) is 25.4 Å². The lowest BCUT2D eigenvalue weighted by atomic mass is 10.2. The summed E-state index contributed by atoms with van der Waals surface area (Å²) in [5.41, 5.74) is 7.59. The molecule has 0 spiro atoms. The van der Waals surface area contributed by atoms with Crippen LogP contribution in [0.2, 0.25) is 0 Å². The number of nitrogen functional groups attached to an aromatic ring is 1. The lowest BCUT2D eigenvalue weighted by Crippen LogP contribution is -2.41. The van der Waals surface area contributed by atoms with Gasteiger partial charge in [-0.25, -0.2) is 4.79 Å². The number of amides is 2. The first-order valence-electron chi connectivity index (χ1n) is 6.59. The molecule has 1 fully saturated rings. The normalized spacial score (nSPS) is 14.8. The van der Waals surface area contributed by atoms with E-state index in [4.69, 9.17) is 5.73 Å². The van der Waals surface area contributed by atoms with Gasteiger partial charge < -0.3 is 15.5 Å². The van der Waals surface area contributed by atoms with Gasteiger partial charge in [-0.15, -0.1) is 0 Å². The van der Waals surface area contributed by atoms with Gasteiger partial charge in [0.2, 0.25) is 0 Å². The second-order valence-corrected chi connectivity index (χ2v) is 4.74. The third kappa shape index (κ3) is 2.94. The van der Waals surface area contributed by atoms with Crippen LogP contribution in [0.25, 0.3) is 0 Å². The monoisotopic (exact) mass is 247 g/mol. The van der Waals surface area contributed by atoms with Crippen LogP contribution >= 0.6 is 0 Å². The minimum Gasteiger partial charge on any atom is -0.399 e. The predicted octanol–water partition coefficient (Wildman–Crippen LogP) is 2.31. The molecule has 2 N–H and O–H groups in total. The van der Waals surface area contributed by atoms with Crippen LogP contribution in [-0.4, -0.2) is 35.5 Å². The van der Waals surface area contributed by atoms with Crippen molar-refractivity contribution in [1.82, 2.24) is 9.80 Å².